The summed E-state index contributed by atoms with van der Waals surface area (Å²) in [5.41, 5.74) is 5.28. The molecule has 0 aliphatic carbocycles. The zero-order valence-electron chi connectivity index (χ0n) is 10.1. The van der Waals surface area contributed by atoms with Crippen molar-refractivity contribution in [3.05, 3.63) is 35.7 Å². The summed E-state index contributed by atoms with van der Waals surface area (Å²) < 4.78 is 0. The average Bonchev–Trinajstić information content (AvgIpc) is 3.01. The number of H-pyrrole nitrogens is 2. The summed E-state index contributed by atoms with van der Waals surface area (Å²) >= 11 is 0. The fourth-order valence-corrected chi connectivity index (χ4v) is 2.05. The Labute approximate surface area is 103 Å². The molecule has 3 aromatic rings. The van der Waals surface area contributed by atoms with Crippen molar-refractivity contribution in [2.24, 2.45) is 0 Å². The van der Waals surface area contributed by atoms with E-state index in [1.807, 2.05) is 38.1 Å². The van der Waals surface area contributed by atoms with Crippen LogP contribution in [-0.2, 0) is 0 Å². The van der Waals surface area contributed by atoms with Gasteiger partial charge in [-0.2, -0.15) is 10.3 Å². The predicted octanol–water partition coefficient (Wildman–Crippen LogP) is 1.87. The molecule has 0 saturated carbocycles. The van der Waals surface area contributed by atoms with Crippen LogP contribution in [0.2, 0.25) is 0 Å². The molecule has 0 bridgehead atoms. The first-order chi connectivity index (χ1) is 8.75. The van der Waals surface area contributed by atoms with E-state index in [0.29, 0.717) is 5.82 Å². The molecule has 0 aliphatic rings. The molecule has 0 amide bonds. The first kappa shape index (κ1) is 10.6. The van der Waals surface area contributed by atoms with E-state index in [9.17, 15) is 0 Å². The number of benzene rings is 1. The van der Waals surface area contributed by atoms with Crippen LogP contribution >= 0.6 is 0 Å². The van der Waals surface area contributed by atoms with Crippen LogP contribution in [0.3, 0.4) is 0 Å². The summed E-state index contributed by atoms with van der Waals surface area (Å²) in [6, 6.07) is 8.03. The van der Waals surface area contributed by atoms with Crippen LogP contribution in [0.4, 0.5) is 0 Å². The van der Waals surface area contributed by atoms with E-state index in [1.165, 1.54) is 0 Å². The summed E-state index contributed by atoms with van der Waals surface area (Å²) in [7, 11) is 0. The number of nitrogens with one attached hydrogen (secondary N) is 2. The van der Waals surface area contributed by atoms with Crippen molar-refractivity contribution in [1.82, 2.24) is 30.8 Å². The van der Waals surface area contributed by atoms with Crippen molar-refractivity contribution in [3.63, 3.8) is 0 Å². The fourth-order valence-electron chi connectivity index (χ4n) is 2.05. The molecule has 0 fully saturated rings. The quantitative estimate of drug-likeness (QED) is 0.716. The number of tetrazole rings is 1. The van der Waals surface area contributed by atoms with Crippen molar-refractivity contribution in [3.8, 4) is 22.5 Å². The minimum atomic E-state index is 0.599. The van der Waals surface area contributed by atoms with Crippen LogP contribution in [0, 0.1) is 13.8 Å². The van der Waals surface area contributed by atoms with E-state index in [0.717, 1.165) is 28.1 Å². The number of aromatic amines is 2. The van der Waals surface area contributed by atoms with Gasteiger partial charge < -0.3 is 0 Å². The van der Waals surface area contributed by atoms with E-state index >= 15 is 0 Å². The minimum Gasteiger partial charge on any atom is -0.282 e. The highest BCUT2D eigenvalue weighted by molar-refractivity contribution is 5.70. The van der Waals surface area contributed by atoms with Crippen molar-refractivity contribution in [2.45, 2.75) is 13.8 Å². The number of aromatic nitrogens is 6. The lowest BCUT2D eigenvalue weighted by Gasteiger charge is -2.02. The zero-order chi connectivity index (χ0) is 12.5. The maximum atomic E-state index is 4.20. The summed E-state index contributed by atoms with van der Waals surface area (Å²) in [5.74, 6) is 0.599. The molecule has 6 nitrogen and oxygen atoms in total. The van der Waals surface area contributed by atoms with Crippen LogP contribution in [0.15, 0.2) is 24.3 Å². The van der Waals surface area contributed by atoms with Crippen LogP contribution in [0.25, 0.3) is 22.5 Å². The van der Waals surface area contributed by atoms with E-state index in [1.54, 1.807) is 0 Å². The molecule has 0 unspecified atom stereocenters. The van der Waals surface area contributed by atoms with Gasteiger partial charge in [-0.3, -0.25) is 5.10 Å². The highest BCUT2D eigenvalue weighted by atomic mass is 15.5. The third kappa shape index (κ3) is 1.67. The maximum Gasteiger partial charge on any atom is 0.204 e. The number of rotatable bonds is 2. The van der Waals surface area contributed by atoms with Crippen LogP contribution in [0.1, 0.15) is 11.4 Å². The Hall–Kier alpha value is -2.50. The molecule has 0 atom stereocenters. The van der Waals surface area contributed by atoms with E-state index < -0.39 is 0 Å². The Morgan fingerprint density at radius 3 is 2.22 bits per heavy atom. The lowest BCUT2D eigenvalue weighted by molar-refractivity contribution is 0.881. The standard InChI is InChI=1S/C12H12N6/c1-7-11(8(2)14-13-7)9-3-5-10(6-4-9)12-15-17-18-16-12/h3-6H,1-2H3,(H,13,14)(H,15,16,17,18). The lowest BCUT2D eigenvalue weighted by atomic mass is 10.0. The van der Waals surface area contributed by atoms with Gasteiger partial charge in [0.2, 0.25) is 5.82 Å². The Bertz CT molecular complexity index is 631. The Balaban J connectivity index is 2.02. The second kappa shape index (κ2) is 4.06. The summed E-state index contributed by atoms with van der Waals surface area (Å²) in [6.45, 7) is 4.01. The van der Waals surface area contributed by atoms with E-state index in [2.05, 4.69) is 30.8 Å². The van der Waals surface area contributed by atoms with Gasteiger partial charge in [0.1, 0.15) is 0 Å². The predicted molar refractivity (Wildman–Crippen MR) is 66.7 cm³/mol. The van der Waals surface area contributed by atoms with Gasteiger partial charge in [0, 0.05) is 16.8 Å². The van der Waals surface area contributed by atoms with Crippen LogP contribution in [0.5, 0.6) is 0 Å². The van der Waals surface area contributed by atoms with Crippen molar-refractivity contribution >= 4 is 0 Å². The molecular formula is C12H12N6. The fraction of sp³-hybridized carbons (Fsp3) is 0.167. The summed E-state index contributed by atoms with van der Waals surface area (Å²) in [5, 5.41) is 21.1. The first-order valence-electron chi connectivity index (χ1n) is 5.61. The third-order valence-electron chi connectivity index (χ3n) is 2.91. The summed E-state index contributed by atoms with van der Waals surface area (Å²) in [4.78, 5) is 0. The molecule has 2 heterocycles. The van der Waals surface area contributed by atoms with Crippen molar-refractivity contribution in [1.29, 1.82) is 0 Å². The lowest BCUT2D eigenvalue weighted by Crippen LogP contribution is -1.84. The molecule has 90 valence electrons. The van der Waals surface area contributed by atoms with E-state index in [4.69, 9.17) is 0 Å². The summed E-state index contributed by atoms with van der Waals surface area (Å²) in [6.07, 6.45) is 0. The van der Waals surface area contributed by atoms with Gasteiger partial charge in [-0.25, -0.2) is 0 Å². The van der Waals surface area contributed by atoms with E-state index in [-0.39, 0.29) is 0 Å². The highest BCUT2D eigenvalue weighted by Gasteiger charge is 2.09. The molecule has 2 N–H and O–H groups in total. The normalized spacial score (nSPS) is 10.8. The largest absolute Gasteiger partial charge is 0.282 e. The van der Waals surface area contributed by atoms with Gasteiger partial charge in [-0.05, 0) is 24.6 Å². The number of hydrogen-bond acceptors (Lipinski definition) is 4. The van der Waals surface area contributed by atoms with Crippen molar-refractivity contribution in [2.75, 3.05) is 0 Å². The molecule has 0 radical (unpaired) electrons. The Kier molecular flexibility index (Phi) is 2.40. The second-order valence-electron chi connectivity index (χ2n) is 4.12. The molecule has 3 rings (SSSR count). The minimum absolute atomic E-state index is 0.599. The van der Waals surface area contributed by atoms with Gasteiger partial charge in [-0.1, -0.05) is 24.3 Å². The SMILES string of the molecule is Cc1n[nH]c(C)c1-c1ccc(-c2nn[nH]n2)cc1. The smallest absolute Gasteiger partial charge is 0.204 e. The molecule has 0 aliphatic heterocycles. The number of aryl methyl sites for hydroxylation is 2. The molecule has 0 spiro atoms. The van der Waals surface area contributed by atoms with Crippen molar-refractivity contribution < 1.29 is 0 Å². The highest BCUT2D eigenvalue weighted by Crippen LogP contribution is 2.26. The monoisotopic (exact) mass is 240 g/mol. The van der Waals surface area contributed by atoms with Crippen LogP contribution < -0.4 is 0 Å². The second-order valence-corrected chi connectivity index (χ2v) is 4.12. The molecule has 18 heavy (non-hydrogen) atoms. The van der Waals surface area contributed by atoms with Gasteiger partial charge >= 0.3 is 0 Å². The molecule has 6 heteroatoms. The number of nitrogens with zero attached hydrogens (tertiary/aromatic N) is 4. The van der Waals surface area contributed by atoms with Crippen LogP contribution in [-0.4, -0.2) is 30.8 Å². The third-order valence-corrected chi connectivity index (χ3v) is 2.91. The maximum absolute atomic E-state index is 4.20. The zero-order valence-corrected chi connectivity index (χ0v) is 10.1. The molecule has 2 aromatic heterocycles. The molecular weight excluding hydrogens is 228 g/mol. The Morgan fingerprint density at radius 1 is 0.944 bits per heavy atom. The first-order valence-corrected chi connectivity index (χ1v) is 5.61. The molecule has 1 aromatic carbocycles. The Morgan fingerprint density at radius 2 is 1.67 bits per heavy atom. The molecule has 0 saturated heterocycles. The van der Waals surface area contributed by atoms with Gasteiger partial charge in [0.05, 0.1) is 5.69 Å². The van der Waals surface area contributed by atoms with Gasteiger partial charge in [-0.15, -0.1) is 10.2 Å². The van der Waals surface area contributed by atoms with Gasteiger partial charge in [0.25, 0.3) is 0 Å². The van der Waals surface area contributed by atoms with Gasteiger partial charge in [0.15, 0.2) is 0 Å². The topological polar surface area (TPSA) is 83.1 Å². The average molecular weight is 240 g/mol. The number of hydrogen-bond donors (Lipinski definition) is 2.